The number of hydrogen-bond donors (Lipinski definition) is 1. The van der Waals surface area contributed by atoms with Crippen molar-refractivity contribution in [3.05, 3.63) is 53.6 Å². The second-order valence-electron chi connectivity index (χ2n) is 5.52. The van der Waals surface area contributed by atoms with E-state index in [2.05, 4.69) is 54.7 Å². The van der Waals surface area contributed by atoms with Crippen molar-refractivity contribution in [3.8, 4) is 16.9 Å². The van der Waals surface area contributed by atoms with Crippen LogP contribution >= 0.6 is 0 Å². The minimum Gasteiger partial charge on any atom is -0.490 e. The average molecular weight is 267 g/mol. The van der Waals surface area contributed by atoms with Gasteiger partial charge in [-0.3, -0.25) is 0 Å². The highest BCUT2D eigenvalue weighted by Crippen LogP contribution is 2.30. The third-order valence-corrected chi connectivity index (χ3v) is 3.68. The van der Waals surface area contributed by atoms with Crippen molar-refractivity contribution in [2.45, 2.75) is 32.4 Å². The molecule has 0 aromatic heterocycles. The van der Waals surface area contributed by atoms with E-state index >= 15 is 0 Å². The number of benzene rings is 2. The van der Waals surface area contributed by atoms with Crippen LogP contribution in [-0.4, -0.2) is 13.2 Å². The summed E-state index contributed by atoms with van der Waals surface area (Å²) in [4.78, 5) is 0. The van der Waals surface area contributed by atoms with Gasteiger partial charge in [0.25, 0.3) is 0 Å². The third kappa shape index (κ3) is 3.02. The van der Waals surface area contributed by atoms with Gasteiger partial charge in [-0.15, -0.1) is 0 Å². The van der Waals surface area contributed by atoms with Gasteiger partial charge in [0, 0.05) is 6.54 Å². The van der Waals surface area contributed by atoms with Gasteiger partial charge in [-0.05, 0) is 67.3 Å². The van der Waals surface area contributed by atoms with Gasteiger partial charge in [-0.2, -0.15) is 0 Å². The van der Waals surface area contributed by atoms with Crippen LogP contribution in [0.25, 0.3) is 11.1 Å². The summed E-state index contributed by atoms with van der Waals surface area (Å²) < 4.78 is 5.80. The zero-order valence-electron chi connectivity index (χ0n) is 12.1. The second kappa shape index (κ2) is 5.68. The molecular weight excluding hydrogens is 246 g/mol. The molecule has 0 saturated heterocycles. The van der Waals surface area contributed by atoms with E-state index in [9.17, 15) is 0 Å². The van der Waals surface area contributed by atoms with Crippen LogP contribution in [-0.2, 0) is 6.54 Å². The van der Waals surface area contributed by atoms with Crippen LogP contribution < -0.4 is 10.1 Å². The SMILES string of the molecule is CNCc1ccc(C)c(-c2ccc(OC3CC3)cc2)c1. The number of rotatable bonds is 5. The lowest BCUT2D eigenvalue weighted by Crippen LogP contribution is -2.05. The fourth-order valence-corrected chi connectivity index (χ4v) is 2.39. The molecule has 0 unspecified atom stereocenters. The number of aryl methyl sites for hydroxylation is 1. The maximum absolute atomic E-state index is 5.80. The minimum absolute atomic E-state index is 0.460. The molecular formula is C18H21NO. The first-order chi connectivity index (χ1) is 9.76. The van der Waals surface area contributed by atoms with E-state index < -0.39 is 0 Å². The Morgan fingerprint density at radius 2 is 1.85 bits per heavy atom. The Kier molecular flexibility index (Phi) is 3.75. The predicted molar refractivity (Wildman–Crippen MR) is 83.0 cm³/mol. The highest BCUT2D eigenvalue weighted by atomic mass is 16.5. The quantitative estimate of drug-likeness (QED) is 0.886. The molecule has 0 spiro atoms. The van der Waals surface area contributed by atoms with Crippen molar-refractivity contribution in [1.29, 1.82) is 0 Å². The highest BCUT2D eigenvalue weighted by Gasteiger charge is 2.23. The van der Waals surface area contributed by atoms with Crippen LogP contribution in [0.5, 0.6) is 5.75 Å². The molecule has 1 aliphatic carbocycles. The predicted octanol–water partition coefficient (Wildman–Crippen LogP) is 3.92. The Hall–Kier alpha value is -1.80. The van der Waals surface area contributed by atoms with Crippen LogP contribution in [0.1, 0.15) is 24.0 Å². The average Bonchev–Trinajstić information content (AvgIpc) is 3.26. The molecule has 2 aromatic carbocycles. The van der Waals surface area contributed by atoms with Gasteiger partial charge in [-0.1, -0.05) is 24.3 Å². The fraction of sp³-hybridized carbons (Fsp3) is 0.333. The lowest BCUT2D eigenvalue weighted by atomic mass is 9.98. The first-order valence-corrected chi connectivity index (χ1v) is 7.27. The summed E-state index contributed by atoms with van der Waals surface area (Å²) in [5, 5.41) is 3.20. The maximum Gasteiger partial charge on any atom is 0.119 e. The Morgan fingerprint density at radius 3 is 2.50 bits per heavy atom. The molecule has 3 rings (SSSR count). The van der Waals surface area contributed by atoms with Gasteiger partial charge >= 0.3 is 0 Å². The first kappa shape index (κ1) is 13.2. The summed E-state index contributed by atoms with van der Waals surface area (Å²) in [6.07, 6.45) is 2.86. The van der Waals surface area contributed by atoms with Crippen molar-refractivity contribution in [2.75, 3.05) is 7.05 Å². The molecule has 1 fully saturated rings. The highest BCUT2D eigenvalue weighted by molar-refractivity contribution is 5.68. The van der Waals surface area contributed by atoms with E-state index in [1.165, 1.54) is 35.1 Å². The Labute approximate surface area is 120 Å². The molecule has 0 atom stereocenters. The summed E-state index contributed by atoms with van der Waals surface area (Å²) in [6.45, 7) is 3.06. The Balaban J connectivity index is 1.85. The van der Waals surface area contributed by atoms with E-state index in [-0.39, 0.29) is 0 Å². The van der Waals surface area contributed by atoms with Gasteiger partial charge in [0.2, 0.25) is 0 Å². The van der Waals surface area contributed by atoms with E-state index in [4.69, 9.17) is 4.74 Å². The van der Waals surface area contributed by atoms with E-state index in [1.54, 1.807) is 0 Å². The zero-order chi connectivity index (χ0) is 13.9. The van der Waals surface area contributed by atoms with Gasteiger partial charge in [0.1, 0.15) is 5.75 Å². The number of nitrogens with one attached hydrogen (secondary N) is 1. The molecule has 0 amide bonds. The van der Waals surface area contributed by atoms with Crippen LogP contribution in [0.2, 0.25) is 0 Å². The smallest absolute Gasteiger partial charge is 0.119 e. The molecule has 2 nitrogen and oxygen atoms in total. The molecule has 2 heteroatoms. The normalized spacial score (nSPS) is 14.3. The van der Waals surface area contributed by atoms with Crippen LogP contribution in [0.15, 0.2) is 42.5 Å². The van der Waals surface area contributed by atoms with Crippen molar-refractivity contribution in [2.24, 2.45) is 0 Å². The number of hydrogen-bond acceptors (Lipinski definition) is 2. The maximum atomic E-state index is 5.80. The summed E-state index contributed by atoms with van der Waals surface area (Å²) in [5.74, 6) is 0.986. The van der Waals surface area contributed by atoms with Crippen molar-refractivity contribution >= 4 is 0 Å². The largest absolute Gasteiger partial charge is 0.490 e. The van der Waals surface area contributed by atoms with Gasteiger partial charge in [-0.25, -0.2) is 0 Å². The van der Waals surface area contributed by atoms with Gasteiger partial charge < -0.3 is 10.1 Å². The van der Waals surface area contributed by atoms with E-state index in [0.717, 1.165) is 12.3 Å². The van der Waals surface area contributed by atoms with Crippen LogP contribution in [0, 0.1) is 6.92 Å². The van der Waals surface area contributed by atoms with Crippen LogP contribution in [0.3, 0.4) is 0 Å². The van der Waals surface area contributed by atoms with E-state index in [0.29, 0.717) is 6.10 Å². The number of ether oxygens (including phenoxy) is 1. The van der Waals surface area contributed by atoms with Gasteiger partial charge in [0.05, 0.1) is 6.10 Å². The molecule has 0 radical (unpaired) electrons. The molecule has 20 heavy (non-hydrogen) atoms. The summed E-state index contributed by atoms with van der Waals surface area (Å²) in [5.41, 5.74) is 5.17. The fourth-order valence-electron chi connectivity index (χ4n) is 2.39. The molecule has 2 aromatic rings. The van der Waals surface area contributed by atoms with Crippen molar-refractivity contribution in [1.82, 2.24) is 5.32 Å². The molecule has 0 aliphatic heterocycles. The Bertz CT molecular complexity index is 585. The Morgan fingerprint density at radius 1 is 1.10 bits per heavy atom. The summed E-state index contributed by atoms with van der Waals surface area (Å²) >= 11 is 0. The zero-order valence-corrected chi connectivity index (χ0v) is 12.1. The second-order valence-corrected chi connectivity index (χ2v) is 5.52. The van der Waals surface area contributed by atoms with Crippen LogP contribution in [0.4, 0.5) is 0 Å². The summed E-state index contributed by atoms with van der Waals surface area (Å²) in [6, 6.07) is 15.1. The molecule has 1 saturated carbocycles. The monoisotopic (exact) mass is 267 g/mol. The molecule has 1 aliphatic rings. The van der Waals surface area contributed by atoms with Crippen molar-refractivity contribution < 1.29 is 4.74 Å². The lowest BCUT2D eigenvalue weighted by molar-refractivity contribution is 0.303. The molecule has 1 N–H and O–H groups in total. The van der Waals surface area contributed by atoms with Crippen molar-refractivity contribution in [3.63, 3.8) is 0 Å². The molecule has 104 valence electrons. The standard InChI is InChI=1S/C18H21NO/c1-13-3-4-14(12-19-2)11-18(13)15-5-7-16(8-6-15)20-17-9-10-17/h3-8,11,17,19H,9-10,12H2,1-2H3. The topological polar surface area (TPSA) is 21.3 Å². The molecule has 0 bridgehead atoms. The first-order valence-electron chi connectivity index (χ1n) is 7.27. The third-order valence-electron chi connectivity index (χ3n) is 3.68. The van der Waals surface area contributed by atoms with Gasteiger partial charge in [0.15, 0.2) is 0 Å². The minimum atomic E-state index is 0.460. The van der Waals surface area contributed by atoms with E-state index in [1.807, 2.05) is 7.05 Å². The lowest BCUT2D eigenvalue weighted by Gasteiger charge is -2.10. The summed E-state index contributed by atoms with van der Waals surface area (Å²) in [7, 11) is 1.98. The molecule has 0 heterocycles.